The molecular formula is C16H12F5NO3S. The van der Waals surface area contributed by atoms with Gasteiger partial charge in [-0.15, -0.1) is 0 Å². The molecule has 2 aromatic carbocycles. The number of sulfone groups is 1. The van der Waals surface area contributed by atoms with Crippen LogP contribution >= 0.6 is 0 Å². The Morgan fingerprint density at radius 1 is 1.00 bits per heavy atom. The van der Waals surface area contributed by atoms with Crippen molar-refractivity contribution in [3.8, 4) is 0 Å². The molecule has 0 atom stereocenters. The molecule has 0 aromatic heterocycles. The summed E-state index contributed by atoms with van der Waals surface area (Å²) in [5.41, 5.74) is -1.25. The average Bonchev–Trinajstić information content (AvgIpc) is 2.48. The third-order valence-electron chi connectivity index (χ3n) is 3.22. The SMILES string of the molecule is O=C(CS(=O)(=O)Cc1ccc(C(F)(F)F)cc1)Nc1ccc(F)cc1F. The Labute approximate surface area is 145 Å². The third-order valence-corrected chi connectivity index (χ3v) is 4.70. The molecule has 0 radical (unpaired) electrons. The van der Waals surface area contributed by atoms with Crippen molar-refractivity contribution >= 4 is 21.4 Å². The van der Waals surface area contributed by atoms with Crippen LogP contribution in [0, 0.1) is 11.6 Å². The molecule has 0 aliphatic carbocycles. The minimum absolute atomic E-state index is 0.0683. The first-order chi connectivity index (χ1) is 12.0. The third kappa shape index (κ3) is 5.51. The number of benzene rings is 2. The second-order valence-electron chi connectivity index (χ2n) is 5.40. The number of alkyl halides is 3. The van der Waals surface area contributed by atoms with Crippen LogP contribution in [-0.2, 0) is 26.6 Å². The number of halogens is 5. The highest BCUT2D eigenvalue weighted by Gasteiger charge is 2.30. The van der Waals surface area contributed by atoms with Crippen LogP contribution in [0.5, 0.6) is 0 Å². The van der Waals surface area contributed by atoms with Crippen molar-refractivity contribution in [2.24, 2.45) is 0 Å². The maximum Gasteiger partial charge on any atom is 0.416 e. The number of nitrogens with one attached hydrogen (secondary N) is 1. The molecule has 0 spiro atoms. The van der Waals surface area contributed by atoms with E-state index in [4.69, 9.17) is 0 Å². The fourth-order valence-corrected chi connectivity index (χ4v) is 3.35. The molecule has 4 nitrogen and oxygen atoms in total. The predicted octanol–water partition coefficient (Wildman–Crippen LogP) is 3.54. The van der Waals surface area contributed by atoms with E-state index in [-0.39, 0.29) is 11.3 Å². The van der Waals surface area contributed by atoms with E-state index < -0.39 is 50.6 Å². The molecule has 0 aliphatic rings. The van der Waals surface area contributed by atoms with Gasteiger partial charge in [-0.25, -0.2) is 17.2 Å². The first kappa shape index (κ1) is 19.8. The molecule has 0 saturated heterocycles. The molecule has 1 amide bonds. The Morgan fingerprint density at radius 3 is 2.15 bits per heavy atom. The molecule has 2 aromatic rings. The fourth-order valence-electron chi connectivity index (χ4n) is 2.07. The van der Waals surface area contributed by atoms with Gasteiger partial charge < -0.3 is 5.32 Å². The zero-order chi connectivity index (χ0) is 19.5. The molecule has 0 unspecified atom stereocenters. The van der Waals surface area contributed by atoms with Crippen molar-refractivity contribution in [2.45, 2.75) is 11.9 Å². The first-order valence-corrected chi connectivity index (χ1v) is 8.90. The van der Waals surface area contributed by atoms with Crippen molar-refractivity contribution in [1.29, 1.82) is 0 Å². The summed E-state index contributed by atoms with van der Waals surface area (Å²) in [7, 11) is -4.01. The molecule has 26 heavy (non-hydrogen) atoms. The lowest BCUT2D eigenvalue weighted by Crippen LogP contribution is -2.24. The molecular weight excluding hydrogens is 381 g/mol. The van der Waals surface area contributed by atoms with E-state index >= 15 is 0 Å². The summed E-state index contributed by atoms with van der Waals surface area (Å²) in [6, 6.07) is 5.81. The normalized spacial score (nSPS) is 12.0. The van der Waals surface area contributed by atoms with Gasteiger partial charge in [0.1, 0.15) is 17.4 Å². The van der Waals surface area contributed by atoms with E-state index in [1.165, 1.54) is 0 Å². The predicted molar refractivity (Wildman–Crippen MR) is 83.9 cm³/mol. The van der Waals surface area contributed by atoms with E-state index in [0.29, 0.717) is 6.07 Å². The monoisotopic (exact) mass is 393 g/mol. The zero-order valence-electron chi connectivity index (χ0n) is 13.0. The standard InChI is InChI=1S/C16H12F5NO3S/c17-12-5-6-14(13(18)7-12)22-15(23)9-26(24,25)8-10-1-3-11(4-2-10)16(19,20)21/h1-7H,8-9H2,(H,22,23). The van der Waals surface area contributed by atoms with Crippen LogP contribution < -0.4 is 5.32 Å². The number of carbonyl (C=O) groups is 1. The number of hydrogen-bond donors (Lipinski definition) is 1. The lowest BCUT2D eigenvalue weighted by Gasteiger charge is -2.09. The highest BCUT2D eigenvalue weighted by molar-refractivity contribution is 7.91. The van der Waals surface area contributed by atoms with Gasteiger partial charge in [0.15, 0.2) is 9.84 Å². The number of amides is 1. The van der Waals surface area contributed by atoms with E-state index in [9.17, 15) is 35.2 Å². The molecule has 1 N–H and O–H groups in total. The van der Waals surface area contributed by atoms with Gasteiger partial charge in [0.05, 0.1) is 17.0 Å². The minimum atomic E-state index is -4.55. The summed E-state index contributed by atoms with van der Waals surface area (Å²) in [5.74, 6) is -4.66. The molecule has 0 aliphatic heterocycles. The van der Waals surface area contributed by atoms with Gasteiger partial charge in [-0.1, -0.05) is 12.1 Å². The topological polar surface area (TPSA) is 63.2 Å². The fraction of sp³-hybridized carbons (Fsp3) is 0.188. The zero-order valence-corrected chi connectivity index (χ0v) is 13.8. The van der Waals surface area contributed by atoms with Gasteiger partial charge in [0.25, 0.3) is 0 Å². The first-order valence-electron chi connectivity index (χ1n) is 7.08. The second-order valence-corrected chi connectivity index (χ2v) is 7.46. The second kappa shape index (κ2) is 7.40. The highest BCUT2D eigenvalue weighted by Crippen LogP contribution is 2.29. The van der Waals surface area contributed by atoms with Crippen molar-refractivity contribution in [3.63, 3.8) is 0 Å². The molecule has 0 fully saturated rings. The van der Waals surface area contributed by atoms with Gasteiger partial charge in [-0.05, 0) is 29.8 Å². The van der Waals surface area contributed by atoms with Crippen LogP contribution in [0.2, 0.25) is 0 Å². The van der Waals surface area contributed by atoms with Gasteiger partial charge in [0, 0.05) is 6.07 Å². The smallest absolute Gasteiger partial charge is 0.323 e. The Hall–Kier alpha value is -2.49. The van der Waals surface area contributed by atoms with Crippen LogP contribution in [0.25, 0.3) is 0 Å². The van der Waals surface area contributed by atoms with Gasteiger partial charge in [-0.3, -0.25) is 4.79 Å². The maximum absolute atomic E-state index is 13.4. The van der Waals surface area contributed by atoms with Crippen LogP contribution in [0.4, 0.5) is 27.6 Å². The number of hydrogen-bond acceptors (Lipinski definition) is 3. The lowest BCUT2D eigenvalue weighted by molar-refractivity contribution is -0.137. The Morgan fingerprint density at radius 2 is 1.62 bits per heavy atom. The lowest BCUT2D eigenvalue weighted by atomic mass is 10.1. The quantitative estimate of drug-likeness (QED) is 0.791. The van der Waals surface area contributed by atoms with Crippen LogP contribution in [0.15, 0.2) is 42.5 Å². The van der Waals surface area contributed by atoms with E-state index in [2.05, 4.69) is 0 Å². The van der Waals surface area contributed by atoms with Crippen molar-refractivity contribution in [2.75, 3.05) is 11.1 Å². The molecule has 0 heterocycles. The summed E-state index contributed by atoms with van der Waals surface area (Å²) in [6.45, 7) is 0. The average molecular weight is 393 g/mol. The van der Waals surface area contributed by atoms with E-state index in [1.807, 2.05) is 5.32 Å². The Balaban J connectivity index is 2.02. The van der Waals surface area contributed by atoms with Gasteiger partial charge in [0.2, 0.25) is 5.91 Å². The molecule has 2 rings (SSSR count). The summed E-state index contributed by atoms with van der Waals surface area (Å²) in [4.78, 5) is 11.7. The maximum atomic E-state index is 13.4. The summed E-state index contributed by atoms with van der Waals surface area (Å²) >= 11 is 0. The number of anilines is 1. The van der Waals surface area contributed by atoms with Gasteiger partial charge >= 0.3 is 6.18 Å². The number of rotatable bonds is 5. The van der Waals surface area contributed by atoms with Gasteiger partial charge in [-0.2, -0.15) is 13.2 Å². The summed E-state index contributed by atoms with van der Waals surface area (Å²) < 4.78 is 87.6. The highest BCUT2D eigenvalue weighted by atomic mass is 32.2. The van der Waals surface area contributed by atoms with E-state index in [0.717, 1.165) is 36.4 Å². The van der Waals surface area contributed by atoms with Crippen molar-refractivity contribution < 1.29 is 35.2 Å². The minimum Gasteiger partial charge on any atom is -0.323 e. The van der Waals surface area contributed by atoms with Crippen molar-refractivity contribution in [3.05, 3.63) is 65.2 Å². The molecule has 0 saturated carbocycles. The Kier molecular flexibility index (Phi) is 5.65. The van der Waals surface area contributed by atoms with Crippen LogP contribution in [-0.4, -0.2) is 20.1 Å². The Bertz CT molecular complexity index is 908. The van der Waals surface area contributed by atoms with E-state index in [1.54, 1.807) is 0 Å². The number of carbonyl (C=O) groups excluding carboxylic acids is 1. The summed E-state index contributed by atoms with van der Waals surface area (Å²) in [5, 5.41) is 2.00. The molecule has 0 bridgehead atoms. The van der Waals surface area contributed by atoms with Crippen molar-refractivity contribution in [1.82, 2.24) is 0 Å². The largest absolute Gasteiger partial charge is 0.416 e. The molecule has 10 heteroatoms. The molecule has 140 valence electrons. The summed E-state index contributed by atoms with van der Waals surface area (Å²) in [6.07, 6.45) is -4.55. The van der Waals surface area contributed by atoms with Crippen LogP contribution in [0.3, 0.4) is 0 Å². The van der Waals surface area contributed by atoms with Crippen LogP contribution in [0.1, 0.15) is 11.1 Å².